The van der Waals surface area contributed by atoms with Crippen LogP contribution in [0, 0.1) is 0 Å². The highest BCUT2D eigenvalue weighted by Crippen LogP contribution is 2.21. The summed E-state index contributed by atoms with van der Waals surface area (Å²) in [6, 6.07) is 14.2. The number of benzene rings is 2. The first-order valence-corrected chi connectivity index (χ1v) is 11.7. The lowest BCUT2D eigenvalue weighted by Gasteiger charge is -2.15. The number of hydrogen-bond acceptors (Lipinski definition) is 4. The molecule has 1 amide bonds. The molecular weight excluding hydrogens is 400 g/mol. The molecular formula is C23H28N2O4S. The normalized spacial score (nSPS) is 14.8. The van der Waals surface area contributed by atoms with Crippen molar-refractivity contribution in [2.75, 3.05) is 19.7 Å². The summed E-state index contributed by atoms with van der Waals surface area (Å²) in [6.07, 6.45) is 6.00. The minimum Gasteiger partial charge on any atom is -0.494 e. The second-order valence-corrected chi connectivity index (χ2v) is 9.16. The largest absolute Gasteiger partial charge is 0.494 e. The van der Waals surface area contributed by atoms with Gasteiger partial charge in [0.15, 0.2) is 0 Å². The van der Waals surface area contributed by atoms with E-state index in [0.717, 1.165) is 36.1 Å². The quantitative estimate of drug-likeness (QED) is 0.620. The van der Waals surface area contributed by atoms with E-state index in [4.69, 9.17) is 4.74 Å². The van der Waals surface area contributed by atoms with E-state index >= 15 is 0 Å². The molecule has 0 saturated carbocycles. The van der Waals surface area contributed by atoms with Gasteiger partial charge in [0.1, 0.15) is 5.75 Å². The summed E-state index contributed by atoms with van der Waals surface area (Å²) in [4.78, 5) is 12.4. The van der Waals surface area contributed by atoms with Crippen molar-refractivity contribution in [3.63, 3.8) is 0 Å². The molecule has 0 aromatic heterocycles. The summed E-state index contributed by atoms with van der Waals surface area (Å²) in [7, 11) is -3.41. The second kappa shape index (κ2) is 10.4. The van der Waals surface area contributed by atoms with E-state index in [1.54, 1.807) is 30.3 Å². The van der Waals surface area contributed by atoms with E-state index in [2.05, 4.69) is 12.2 Å². The highest BCUT2D eigenvalue weighted by atomic mass is 32.2. The number of amides is 1. The fraction of sp³-hybridized carbons (Fsp3) is 0.348. The molecule has 6 nitrogen and oxygen atoms in total. The number of carbonyl (C=O) groups is 1. The van der Waals surface area contributed by atoms with Crippen molar-refractivity contribution in [1.29, 1.82) is 0 Å². The maximum Gasteiger partial charge on any atom is 0.244 e. The summed E-state index contributed by atoms with van der Waals surface area (Å²) in [5.74, 6) is 0.601. The van der Waals surface area contributed by atoms with Gasteiger partial charge in [-0.05, 0) is 60.7 Å². The number of sulfonamides is 1. The Kier molecular flexibility index (Phi) is 7.65. The Balaban J connectivity index is 1.50. The third-order valence-corrected chi connectivity index (χ3v) is 6.79. The van der Waals surface area contributed by atoms with Gasteiger partial charge in [-0.1, -0.05) is 31.2 Å². The smallest absolute Gasteiger partial charge is 0.244 e. The van der Waals surface area contributed by atoms with Crippen molar-refractivity contribution in [2.24, 2.45) is 0 Å². The van der Waals surface area contributed by atoms with Gasteiger partial charge in [0.25, 0.3) is 0 Å². The molecule has 0 bridgehead atoms. The number of nitrogens with zero attached hydrogens (tertiary/aromatic N) is 1. The van der Waals surface area contributed by atoms with Crippen LogP contribution in [0.25, 0.3) is 6.08 Å². The minimum absolute atomic E-state index is 0.213. The maximum absolute atomic E-state index is 12.5. The minimum atomic E-state index is -3.41. The molecule has 160 valence electrons. The van der Waals surface area contributed by atoms with Crippen LogP contribution in [-0.2, 0) is 21.4 Å². The third-order valence-electron chi connectivity index (χ3n) is 4.87. The van der Waals surface area contributed by atoms with E-state index < -0.39 is 10.0 Å². The van der Waals surface area contributed by atoms with Gasteiger partial charge in [0, 0.05) is 25.7 Å². The summed E-state index contributed by atoms with van der Waals surface area (Å²) in [6.45, 7) is 4.24. The predicted molar refractivity (Wildman–Crippen MR) is 118 cm³/mol. The molecule has 1 aliphatic rings. The van der Waals surface area contributed by atoms with Gasteiger partial charge in [0.2, 0.25) is 15.9 Å². The van der Waals surface area contributed by atoms with Gasteiger partial charge in [-0.15, -0.1) is 0 Å². The Bertz CT molecular complexity index is 961. The molecule has 0 radical (unpaired) electrons. The third kappa shape index (κ3) is 5.93. The SMILES string of the molecule is CCCOc1ccc(/C=C/C(=O)NCc2ccc(S(=O)(=O)N3CCCC3)cc2)cc1. The molecule has 7 heteroatoms. The van der Waals surface area contributed by atoms with Crippen molar-refractivity contribution in [3.05, 3.63) is 65.7 Å². The van der Waals surface area contributed by atoms with Crippen LogP contribution in [0.1, 0.15) is 37.3 Å². The summed E-state index contributed by atoms with van der Waals surface area (Å²) in [5.41, 5.74) is 1.75. The lowest BCUT2D eigenvalue weighted by Crippen LogP contribution is -2.27. The zero-order valence-corrected chi connectivity index (χ0v) is 18.0. The average Bonchev–Trinajstić information content (AvgIpc) is 3.32. The average molecular weight is 429 g/mol. The van der Waals surface area contributed by atoms with Gasteiger partial charge >= 0.3 is 0 Å². The lowest BCUT2D eigenvalue weighted by atomic mass is 10.2. The Morgan fingerprint density at radius 3 is 2.37 bits per heavy atom. The van der Waals surface area contributed by atoms with Gasteiger partial charge in [-0.2, -0.15) is 4.31 Å². The van der Waals surface area contributed by atoms with Gasteiger partial charge in [0.05, 0.1) is 11.5 Å². The van der Waals surface area contributed by atoms with Gasteiger partial charge in [-0.25, -0.2) is 8.42 Å². The Hall–Kier alpha value is -2.64. The van der Waals surface area contributed by atoms with Crippen LogP contribution in [0.2, 0.25) is 0 Å². The molecule has 0 aliphatic carbocycles. The number of rotatable bonds is 9. The molecule has 2 aromatic carbocycles. The zero-order valence-electron chi connectivity index (χ0n) is 17.2. The van der Waals surface area contributed by atoms with Crippen LogP contribution >= 0.6 is 0 Å². The first-order chi connectivity index (χ1) is 14.5. The molecule has 2 aromatic rings. The molecule has 0 atom stereocenters. The maximum atomic E-state index is 12.5. The van der Waals surface area contributed by atoms with Crippen molar-refractivity contribution >= 4 is 22.0 Å². The van der Waals surface area contributed by atoms with Gasteiger partial charge in [-0.3, -0.25) is 4.79 Å². The number of carbonyl (C=O) groups excluding carboxylic acids is 1. The molecule has 0 unspecified atom stereocenters. The first-order valence-electron chi connectivity index (χ1n) is 10.3. The van der Waals surface area contributed by atoms with Crippen molar-refractivity contribution in [1.82, 2.24) is 9.62 Å². The van der Waals surface area contributed by atoms with Gasteiger partial charge < -0.3 is 10.1 Å². The molecule has 1 N–H and O–H groups in total. The fourth-order valence-electron chi connectivity index (χ4n) is 3.17. The molecule has 1 saturated heterocycles. The lowest BCUT2D eigenvalue weighted by molar-refractivity contribution is -0.116. The molecule has 0 spiro atoms. The van der Waals surface area contributed by atoms with Crippen molar-refractivity contribution < 1.29 is 17.9 Å². The molecule has 30 heavy (non-hydrogen) atoms. The Morgan fingerprint density at radius 2 is 1.73 bits per heavy atom. The topological polar surface area (TPSA) is 75.7 Å². The monoisotopic (exact) mass is 428 g/mol. The summed E-state index contributed by atoms with van der Waals surface area (Å²) in [5, 5.41) is 2.81. The Labute approximate surface area is 178 Å². The van der Waals surface area contributed by atoms with E-state index in [0.29, 0.717) is 31.1 Å². The number of ether oxygens (including phenoxy) is 1. The van der Waals surface area contributed by atoms with Crippen LogP contribution < -0.4 is 10.1 Å². The van der Waals surface area contributed by atoms with Crippen LogP contribution in [0.3, 0.4) is 0 Å². The highest BCUT2D eigenvalue weighted by Gasteiger charge is 2.26. The Morgan fingerprint density at radius 1 is 1.07 bits per heavy atom. The van der Waals surface area contributed by atoms with Crippen LogP contribution in [-0.4, -0.2) is 38.3 Å². The summed E-state index contributed by atoms with van der Waals surface area (Å²) >= 11 is 0. The summed E-state index contributed by atoms with van der Waals surface area (Å²) < 4.78 is 32.2. The second-order valence-electron chi connectivity index (χ2n) is 7.22. The zero-order chi connectivity index (χ0) is 21.4. The van der Waals surface area contributed by atoms with Crippen LogP contribution in [0.5, 0.6) is 5.75 Å². The van der Waals surface area contributed by atoms with E-state index in [-0.39, 0.29) is 5.91 Å². The van der Waals surface area contributed by atoms with E-state index in [1.165, 1.54) is 10.4 Å². The number of nitrogens with one attached hydrogen (secondary N) is 1. The molecule has 3 rings (SSSR count). The van der Waals surface area contributed by atoms with Crippen LogP contribution in [0.15, 0.2) is 59.5 Å². The van der Waals surface area contributed by atoms with E-state index in [1.807, 2.05) is 24.3 Å². The van der Waals surface area contributed by atoms with Crippen LogP contribution in [0.4, 0.5) is 0 Å². The van der Waals surface area contributed by atoms with Crippen molar-refractivity contribution in [3.8, 4) is 5.75 Å². The fourth-order valence-corrected chi connectivity index (χ4v) is 4.69. The van der Waals surface area contributed by atoms with Crippen molar-refractivity contribution in [2.45, 2.75) is 37.6 Å². The predicted octanol–water partition coefficient (Wildman–Crippen LogP) is 3.59. The van der Waals surface area contributed by atoms with E-state index in [9.17, 15) is 13.2 Å². The molecule has 1 aliphatic heterocycles. The standard InChI is InChI=1S/C23H28N2O4S/c1-2-17-29-21-10-5-19(6-11-21)9-14-23(26)24-18-20-7-12-22(13-8-20)30(27,28)25-15-3-4-16-25/h5-14H,2-4,15-18H2,1H3,(H,24,26)/b14-9+. The highest BCUT2D eigenvalue weighted by molar-refractivity contribution is 7.89. The first kappa shape index (κ1) is 22.1. The number of hydrogen-bond donors (Lipinski definition) is 1. The molecule has 1 heterocycles. The molecule has 1 fully saturated rings.